The molecule has 1 unspecified atom stereocenters. The van der Waals surface area contributed by atoms with E-state index in [4.69, 9.17) is 5.73 Å². The summed E-state index contributed by atoms with van der Waals surface area (Å²) in [5.74, 6) is 0.559. The van der Waals surface area contributed by atoms with Gasteiger partial charge in [-0.15, -0.1) is 0 Å². The summed E-state index contributed by atoms with van der Waals surface area (Å²) < 4.78 is 37.3. The van der Waals surface area contributed by atoms with E-state index in [9.17, 15) is 13.2 Å². The fourth-order valence-electron chi connectivity index (χ4n) is 2.59. The summed E-state index contributed by atoms with van der Waals surface area (Å²) >= 11 is 0. The zero-order valence-electron chi connectivity index (χ0n) is 10.7. The van der Waals surface area contributed by atoms with Crippen LogP contribution in [0.15, 0.2) is 6.07 Å². The van der Waals surface area contributed by atoms with Crippen LogP contribution in [0.3, 0.4) is 0 Å². The number of rotatable bonds is 4. The smallest absolute Gasteiger partial charge is 0.330 e. The predicted molar refractivity (Wildman–Crippen MR) is 65.3 cm³/mol. The molecule has 108 valence electrons. The van der Waals surface area contributed by atoms with Crippen LogP contribution in [0, 0.1) is 5.92 Å². The van der Waals surface area contributed by atoms with Gasteiger partial charge in [-0.25, -0.2) is 0 Å². The van der Waals surface area contributed by atoms with Gasteiger partial charge in [0.1, 0.15) is 0 Å². The lowest BCUT2D eigenvalue weighted by Gasteiger charge is -2.32. The second-order valence-corrected chi connectivity index (χ2v) is 5.10. The summed E-state index contributed by atoms with van der Waals surface area (Å²) in [6, 6.07) is 1.09. The van der Waals surface area contributed by atoms with Crippen molar-refractivity contribution < 1.29 is 13.2 Å². The molecule has 1 aliphatic rings. The molecule has 0 saturated carbocycles. The molecule has 3 N–H and O–H groups in total. The summed E-state index contributed by atoms with van der Waals surface area (Å²) in [5.41, 5.74) is 5.21. The maximum Gasteiger partial charge on any atom is 0.435 e. The van der Waals surface area contributed by atoms with Crippen LogP contribution in [0.1, 0.15) is 30.7 Å². The van der Waals surface area contributed by atoms with Gasteiger partial charge in [0.2, 0.25) is 0 Å². The Labute approximate surface area is 110 Å². The van der Waals surface area contributed by atoms with Crippen molar-refractivity contribution in [2.45, 2.75) is 32.0 Å². The Morgan fingerprint density at radius 3 is 2.89 bits per heavy atom. The van der Waals surface area contributed by atoms with Crippen LogP contribution in [0.4, 0.5) is 13.2 Å². The first-order chi connectivity index (χ1) is 8.99. The first-order valence-corrected chi connectivity index (χ1v) is 6.53. The monoisotopic (exact) mass is 276 g/mol. The van der Waals surface area contributed by atoms with E-state index in [0.717, 1.165) is 38.4 Å². The molecule has 0 aliphatic carbocycles. The number of halogens is 3. The van der Waals surface area contributed by atoms with Crippen LogP contribution < -0.4 is 5.73 Å². The highest BCUT2D eigenvalue weighted by molar-refractivity contribution is 5.11. The van der Waals surface area contributed by atoms with Gasteiger partial charge in [0.25, 0.3) is 0 Å². The van der Waals surface area contributed by atoms with Crippen LogP contribution in [-0.2, 0) is 12.7 Å². The van der Waals surface area contributed by atoms with Crippen LogP contribution in [0.2, 0.25) is 0 Å². The standard InChI is InChI=1S/C12H19F3N4/c13-12(14,15)11-6-10(17-18-11)8-19-5-1-2-9(7-19)3-4-16/h6,9H,1-5,7-8,16H2,(H,17,18). The number of nitrogens with one attached hydrogen (secondary N) is 1. The molecule has 0 aromatic carbocycles. The fourth-order valence-corrected chi connectivity index (χ4v) is 2.59. The van der Waals surface area contributed by atoms with Gasteiger partial charge < -0.3 is 5.73 Å². The maximum atomic E-state index is 12.4. The number of nitrogens with zero attached hydrogens (tertiary/aromatic N) is 2. The third-order valence-electron chi connectivity index (χ3n) is 3.49. The van der Waals surface area contributed by atoms with Crippen LogP contribution in [-0.4, -0.2) is 34.7 Å². The number of hydrogen-bond donors (Lipinski definition) is 2. The van der Waals surface area contributed by atoms with Gasteiger partial charge in [0.05, 0.1) is 0 Å². The Kier molecular flexibility index (Phi) is 4.46. The molecule has 4 nitrogen and oxygen atoms in total. The van der Waals surface area contributed by atoms with Gasteiger partial charge in [0.15, 0.2) is 5.69 Å². The molecule has 1 saturated heterocycles. The Morgan fingerprint density at radius 2 is 2.26 bits per heavy atom. The van der Waals surface area contributed by atoms with E-state index in [1.54, 1.807) is 0 Å². The number of piperidine rings is 1. The number of nitrogens with two attached hydrogens (primary N) is 1. The van der Waals surface area contributed by atoms with Crippen molar-refractivity contribution in [1.29, 1.82) is 0 Å². The minimum Gasteiger partial charge on any atom is -0.330 e. The summed E-state index contributed by atoms with van der Waals surface area (Å²) in [6.07, 6.45) is -1.17. The number of hydrogen-bond acceptors (Lipinski definition) is 3. The summed E-state index contributed by atoms with van der Waals surface area (Å²) in [7, 11) is 0. The van der Waals surface area contributed by atoms with Crippen molar-refractivity contribution in [3.63, 3.8) is 0 Å². The van der Waals surface area contributed by atoms with E-state index in [2.05, 4.69) is 15.1 Å². The topological polar surface area (TPSA) is 57.9 Å². The number of likely N-dealkylation sites (tertiary alicyclic amines) is 1. The number of alkyl halides is 3. The van der Waals surface area contributed by atoms with Crippen molar-refractivity contribution >= 4 is 0 Å². The molecule has 1 aromatic heterocycles. The SMILES string of the molecule is NCCC1CCCN(Cc2cc(C(F)(F)F)n[nH]2)C1. The van der Waals surface area contributed by atoms with Gasteiger partial charge >= 0.3 is 6.18 Å². The average Bonchev–Trinajstić information content (AvgIpc) is 2.78. The van der Waals surface area contributed by atoms with E-state index in [1.165, 1.54) is 0 Å². The first-order valence-electron chi connectivity index (χ1n) is 6.53. The van der Waals surface area contributed by atoms with Crippen LogP contribution in [0.5, 0.6) is 0 Å². The fraction of sp³-hybridized carbons (Fsp3) is 0.750. The van der Waals surface area contributed by atoms with Crippen molar-refractivity contribution in [2.24, 2.45) is 11.7 Å². The zero-order valence-corrected chi connectivity index (χ0v) is 10.7. The molecule has 2 rings (SSSR count). The normalized spacial score (nSPS) is 21.8. The second-order valence-electron chi connectivity index (χ2n) is 5.10. The number of aromatic nitrogens is 2. The number of aromatic amines is 1. The Balaban J connectivity index is 1.92. The quantitative estimate of drug-likeness (QED) is 0.884. The minimum atomic E-state index is -4.38. The molecule has 0 spiro atoms. The highest BCUT2D eigenvalue weighted by Crippen LogP contribution is 2.28. The van der Waals surface area contributed by atoms with Gasteiger partial charge in [-0.2, -0.15) is 18.3 Å². The molecule has 1 aliphatic heterocycles. The van der Waals surface area contributed by atoms with Gasteiger partial charge in [-0.3, -0.25) is 10.00 Å². The van der Waals surface area contributed by atoms with Gasteiger partial charge in [-0.1, -0.05) is 0 Å². The number of H-pyrrole nitrogens is 1. The van der Waals surface area contributed by atoms with Crippen molar-refractivity contribution in [3.05, 3.63) is 17.5 Å². The molecule has 0 amide bonds. The Hall–Kier alpha value is -1.08. The third kappa shape index (κ3) is 3.94. The molecule has 1 fully saturated rings. The molecule has 0 bridgehead atoms. The van der Waals surface area contributed by atoms with Gasteiger partial charge in [0, 0.05) is 18.8 Å². The van der Waals surface area contributed by atoms with E-state index < -0.39 is 11.9 Å². The zero-order chi connectivity index (χ0) is 13.9. The van der Waals surface area contributed by atoms with E-state index >= 15 is 0 Å². The summed E-state index contributed by atoms with van der Waals surface area (Å²) in [6.45, 7) is 2.98. The Bertz CT molecular complexity index is 400. The van der Waals surface area contributed by atoms with E-state index in [1.807, 2.05) is 0 Å². The van der Waals surface area contributed by atoms with Crippen molar-refractivity contribution in [3.8, 4) is 0 Å². The van der Waals surface area contributed by atoms with Crippen molar-refractivity contribution in [1.82, 2.24) is 15.1 Å². The average molecular weight is 276 g/mol. The minimum absolute atomic E-state index is 0.490. The predicted octanol–water partition coefficient (Wildman–Crippen LogP) is 1.99. The van der Waals surface area contributed by atoms with E-state index in [-0.39, 0.29) is 0 Å². The molecular weight excluding hydrogens is 257 g/mol. The molecule has 7 heteroatoms. The first kappa shape index (κ1) is 14.3. The van der Waals surface area contributed by atoms with Crippen LogP contribution >= 0.6 is 0 Å². The summed E-state index contributed by atoms with van der Waals surface area (Å²) in [5, 5.41) is 5.78. The molecular formula is C12H19F3N4. The third-order valence-corrected chi connectivity index (χ3v) is 3.49. The molecule has 1 aromatic rings. The highest BCUT2D eigenvalue weighted by Gasteiger charge is 2.34. The van der Waals surface area contributed by atoms with Gasteiger partial charge in [-0.05, 0) is 44.3 Å². The Morgan fingerprint density at radius 1 is 1.47 bits per heavy atom. The highest BCUT2D eigenvalue weighted by atomic mass is 19.4. The van der Waals surface area contributed by atoms with Crippen LogP contribution in [0.25, 0.3) is 0 Å². The summed E-state index contributed by atoms with van der Waals surface area (Å²) in [4.78, 5) is 2.16. The van der Waals surface area contributed by atoms with Crippen molar-refractivity contribution in [2.75, 3.05) is 19.6 Å². The lowest BCUT2D eigenvalue weighted by Crippen LogP contribution is -2.35. The lowest BCUT2D eigenvalue weighted by atomic mass is 9.95. The van der Waals surface area contributed by atoms with E-state index in [0.29, 0.717) is 24.7 Å². The molecule has 1 atom stereocenters. The second kappa shape index (κ2) is 5.92. The molecule has 2 heterocycles. The molecule has 0 radical (unpaired) electrons. The lowest BCUT2D eigenvalue weighted by molar-refractivity contribution is -0.141. The maximum absolute atomic E-state index is 12.4. The molecule has 19 heavy (non-hydrogen) atoms. The largest absolute Gasteiger partial charge is 0.435 e.